The number of nitrogens with two attached hydrogens (primary N) is 1. The van der Waals surface area contributed by atoms with Gasteiger partial charge in [-0.2, -0.15) is 4.31 Å². The number of benzene rings is 1. The van der Waals surface area contributed by atoms with Crippen LogP contribution in [0.5, 0.6) is 0 Å². The molecule has 0 bridgehead atoms. The Morgan fingerprint density at radius 2 is 2.08 bits per heavy atom. The zero-order valence-corrected chi connectivity index (χ0v) is 23.1. The maximum Gasteiger partial charge on any atom is 0.330 e. The van der Waals surface area contributed by atoms with Crippen LogP contribution in [0.4, 0.5) is 0 Å². The van der Waals surface area contributed by atoms with Crippen LogP contribution in [0, 0.1) is 0 Å². The lowest BCUT2D eigenvalue weighted by Crippen LogP contribution is -2.59. The predicted octanol–water partition coefficient (Wildman–Crippen LogP) is 0.785. The van der Waals surface area contributed by atoms with Crippen molar-refractivity contribution in [1.29, 1.82) is 0 Å². The zero-order valence-electron chi connectivity index (χ0n) is 21.5. The van der Waals surface area contributed by atoms with Gasteiger partial charge in [0.05, 0.1) is 12.3 Å². The molecule has 1 amide bonds. The van der Waals surface area contributed by atoms with Gasteiger partial charge in [-0.1, -0.05) is 17.3 Å². The number of aromatic nitrogens is 2. The topological polar surface area (TPSA) is 175 Å². The third-order valence-electron chi connectivity index (χ3n) is 6.89. The minimum absolute atomic E-state index is 0.000429. The van der Waals surface area contributed by atoms with Crippen LogP contribution in [0.15, 0.2) is 34.4 Å². The molecule has 0 spiro atoms. The summed E-state index contributed by atoms with van der Waals surface area (Å²) in [4.78, 5) is 38.4. The second-order valence-electron chi connectivity index (χ2n) is 9.43. The maximum atomic E-state index is 13.6. The Kier molecular flexibility index (Phi) is 7.33. The first-order valence-corrected chi connectivity index (χ1v) is 14.6. The number of carbonyl (C=O) groups is 2. The highest BCUT2D eigenvalue weighted by Crippen LogP contribution is 2.29. The van der Waals surface area contributed by atoms with Crippen LogP contribution in [-0.4, -0.2) is 101 Å². The number of fused-ring (bicyclic) bond motifs is 2. The van der Waals surface area contributed by atoms with Crippen molar-refractivity contribution >= 4 is 50.0 Å². The molecule has 15 heteroatoms. The van der Waals surface area contributed by atoms with E-state index in [-0.39, 0.29) is 42.1 Å². The van der Waals surface area contributed by atoms with Crippen LogP contribution >= 0.6 is 11.3 Å². The quantitative estimate of drug-likeness (QED) is 0.126. The molecule has 0 saturated carbocycles. The summed E-state index contributed by atoms with van der Waals surface area (Å²) in [6, 6.07) is 5.20. The number of rotatable bonds is 6. The smallest absolute Gasteiger partial charge is 0.330 e. The van der Waals surface area contributed by atoms with E-state index in [0.29, 0.717) is 23.0 Å². The molecule has 3 aromatic rings. The number of ether oxygens (including phenoxy) is 1. The number of amides is 1. The van der Waals surface area contributed by atoms with E-state index in [0.717, 1.165) is 23.5 Å². The number of sulfonamides is 1. The van der Waals surface area contributed by atoms with Crippen molar-refractivity contribution in [2.24, 2.45) is 10.9 Å². The first kappa shape index (κ1) is 27.1. The van der Waals surface area contributed by atoms with Crippen molar-refractivity contribution in [2.75, 3.05) is 39.8 Å². The third-order valence-corrected chi connectivity index (χ3v) is 9.74. The normalized spacial score (nSPS) is 19.3. The molecule has 4 heterocycles. The third kappa shape index (κ3) is 5.09. The van der Waals surface area contributed by atoms with Crippen LogP contribution in [0.25, 0.3) is 10.9 Å². The summed E-state index contributed by atoms with van der Waals surface area (Å²) < 4.78 is 33.6. The van der Waals surface area contributed by atoms with Gasteiger partial charge >= 0.3 is 5.97 Å². The molecule has 1 aromatic carbocycles. The number of carbonyl (C=O) groups excluding carboxylic acids is 2. The molecule has 0 aliphatic carbocycles. The average Bonchev–Trinajstić information content (AvgIpc) is 3.56. The summed E-state index contributed by atoms with van der Waals surface area (Å²) in [7, 11) is -2.06. The van der Waals surface area contributed by atoms with E-state index in [1.165, 1.54) is 26.6 Å². The van der Waals surface area contributed by atoms with Gasteiger partial charge in [0.15, 0.2) is 10.8 Å². The lowest BCUT2D eigenvalue weighted by Gasteiger charge is -2.38. The Bertz CT molecular complexity index is 1560. The lowest BCUT2D eigenvalue weighted by atomic mass is 10.1. The summed E-state index contributed by atoms with van der Waals surface area (Å²) in [5, 5.41) is 12.7. The van der Waals surface area contributed by atoms with E-state index in [9.17, 15) is 18.0 Å². The number of H-pyrrole nitrogens is 1. The fourth-order valence-electron chi connectivity index (χ4n) is 4.79. The second-order valence-corrected chi connectivity index (χ2v) is 12.4. The van der Waals surface area contributed by atoms with Crippen molar-refractivity contribution in [2.45, 2.75) is 31.0 Å². The maximum absolute atomic E-state index is 13.6. The molecule has 1 unspecified atom stereocenters. The minimum Gasteiger partial charge on any atom is -0.464 e. The Morgan fingerprint density at radius 3 is 2.82 bits per heavy atom. The molecule has 2 aliphatic heterocycles. The van der Waals surface area contributed by atoms with Gasteiger partial charge in [-0.25, -0.2) is 18.2 Å². The van der Waals surface area contributed by atoms with E-state index in [2.05, 4.69) is 20.0 Å². The number of amidine groups is 1. The Morgan fingerprint density at radius 1 is 1.28 bits per heavy atom. The number of nitrogens with zero attached hydrogens (tertiary/aromatic N) is 5. The van der Waals surface area contributed by atoms with Gasteiger partial charge in [0, 0.05) is 60.5 Å². The van der Waals surface area contributed by atoms with Crippen molar-refractivity contribution < 1.29 is 28.0 Å². The highest BCUT2D eigenvalue weighted by Gasteiger charge is 2.42. The zero-order chi connectivity index (χ0) is 27.9. The van der Waals surface area contributed by atoms with E-state index in [1.807, 2.05) is 7.05 Å². The highest BCUT2D eigenvalue weighted by molar-refractivity contribution is 7.89. The molecule has 4 N–H and O–H groups in total. The summed E-state index contributed by atoms with van der Waals surface area (Å²) >= 11 is 1.31. The molecule has 1 atom stereocenters. The van der Waals surface area contributed by atoms with Gasteiger partial charge in [0.1, 0.15) is 11.1 Å². The van der Waals surface area contributed by atoms with Crippen molar-refractivity contribution in [3.63, 3.8) is 0 Å². The fourth-order valence-corrected chi connectivity index (χ4v) is 7.39. The van der Waals surface area contributed by atoms with Gasteiger partial charge < -0.3 is 30.5 Å². The molecule has 13 nitrogen and oxygen atoms in total. The lowest BCUT2D eigenvalue weighted by molar-refractivity contribution is -0.149. The largest absolute Gasteiger partial charge is 0.464 e. The summed E-state index contributed by atoms with van der Waals surface area (Å²) in [5.74, 6) is -1.19. The molecular weight excluding hydrogens is 546 g/mol. The van der Waals surface area contributed by atoms with E-state index in [1.54, 1.807) is 25.1 Å². The van der Waals surface area contributed by atoms with Gasteiger partial charge in [0.2, 0.25) is 0 Å². The number of thiazole rings is 1. The van der Waals surface area contributed by atoms with Gasteiger partial charge in [-0.3, -0.25) is 4.79 Å². The Hall–Kier alpha value is -3.53. The Balaban J connectivity index is 1.41. The van der Waals surface area contributed by atoms with Crippen LogP contribution in [-0.2, 0) is 32.5 Å². The van der Waals surface area contributed by atoms with Gasteiger partial charge in [-0.05, 0) is 26.1 Å². The van der Waals surface area contributed by atoms with E-state index >= 15 is 0 Å². The standard InChI is InChI=1S/C24H29N7O6S2/c1-3-37-24(33)18-12-30(8-9-31(18)23(32)22-27-16-6-7-29(2)13-19(16)38-22)39(35,36)20-11-14-4-5-15(21(25)28-34)10-17(14)26-20/h4-5,10-11,18,26,34H,3,6-9,12-13H2,1-2H3,(H2,25,28). The van der Waals surface area contributed by atoms with Crippen LogP contribution in [0.2, 0.25) is 0 Å². The van der Waals surface area contributed by atoms with Crippen molar-refractivity contribution in [1.82, 2.24) is 24.1 Å². The first-order valence-electron chi connectivity index (χ1n) is 12.4. The Labute approximate surface area is 228 Å². The second kappa shape index (κ2) is 10.6. The molecule has 2 aliphatic rings. The fraction of sp³-hybridized carbons (Fsp3) is 0.417. The molecule has 0 radical (unpaired) electrons. The molecule has 1 saturated heterocycles. The predicted molar refractivity (Wildman–Crippen MR) is 143 cm³/mol. The number of nitrogens with one attached hydrogen (secondary N) is 1. The number of piperazine rings is 1. The average molecular weight is 576 g/mol. The molecule has 208 valence electrons. The van der Waals surface area contributed by atoms with Gasteiger partial charge in [0.25, 0.3) is 15.9 Å². The molecule has 39 heavy (non-hydrogen) atoms. The van der Waals surface area contributed by atoms with E-state index in [4.69, 9.17) is 15.7 Å². The SMILES string of the molecule is CCOC(=O)C1CN(S(=O)(=O)c2cc3ccc(C(N)=NO)cc3[nH]2)CCN1C(=O)c1nc2c(s1)CN(C)CC2. The number of likely N-dealkylation sites (N-methyl/N-ethyl adjacent to an activating group) is 1. The summed E-state index contributed by atoms with van der Waals surface area (Å²) in [6.07, 6.45) is 0.744. The van der Waals surface area contributed by atoms with E-state index < -0.39 is 27.9 Å². The summed E-state index contributed by atoms with van der Waals surface area (Å²) in [5.41, 5.74) is 7.44. The molecule has 1 fully saturated rings. The van der Waals surface area contributed by atoms with Crippen LogP contribution in [0.1, 0.15) is 32.9 Å². The monoisotopic (exact) mass is 575 g/mol. The van der Waals surface area contributed by atoms with Crippen molar-refractivity contribution in [3.8, 4) is 0 Å². The molecule has 5 rings (SSSR count). The van der Waals surface area contributed by atoms with Gasteiger partial charge in [-0.15, -0.1) is 11.3 Å². The highest BCUT2D eigenvalue weighted by atomic mass is 32.2. The number of oxime groups is 1. The number of hydrogen-bond donors (Lipinski definition) is 3. The number of aromatic amines is 1. The number of hydrogen-bond acceptors (Lipinski definition) is 10. The van der Waals surface area contributed by atoms with Crippen LogP contribution in [0.3, 0.4) is 0 Å². The number of esters is 1. The molecule has 2 aromatic heterocycles. The summed E-state index contributed by atoms with van der Waals surface area (Å²) in [6.45, 7) is 3.03. The first-order chi connectivity index (χ1) is 18.6. The molecular formula is C24H29N7O6S2. The minimum atomic E-state index is -4.06. The van der Waals surface area contributed by atoms with Crippen molar-refractivity contribution in [3.05, 3.63) is 45.4 Å². The van der Waals surface area contributed by atoms with Crippen LogP contribution < -0.4 is 5.73 Å².